The lowest BCUT2D eigenvalue weighted by molar-refractivity contribution is -0.123. The predicted octanol–water partition coefficient (Wildman–Crippen LogP) is 4.87. The Morgan fingerprint density at radius 1 is 1.07 bits per heavy atom. The Balaban J connectivity index is 1.67. The number of hydrogen-bond donors (Lipinski definition) is 1. The topological polar surface area (TPSA) is 47.6 Å². The average Bonchev–Trinajstić information content (AvgIpc) is 2.62. The standard InChI is InChI=1S/C22H28ClNO3/c1-15(2)27-19-9-7-18(8-10-19)6-5-11-24-21(25)14-26-20-12-16(3)22(23)17(4)13-20/h7-10,12-13,15H,5-6,11,14H2,1-4H3,(H,24,25). The second kappa shape index (κ2) is 10.2. The van der Waals surface area contributed by atoms with Gasteiger partial charge in [0.25, 0.3) is 5.91 Å². The first kappa shape index (κ1) is 21.1. The van der Waals surface area contributed by atoms with Crippen LogP contribution in [0.15, 0.2) is 36.4 Å². The maximum Gasteiger partial charge on any atom is 0.257 e. The van der Waals surface area contributed by atoms with Gasteiger partial charge in [-0.25, -0.2) is 0 Å². The number of hydrogen-bond acceptors (Lipinski definition) is 3. The molecule has 27 heavy (non-hydrogen) atoms. The van der Waals surface area contributed by atoms with Crippen LogP contribution in [0.1, 0.15) is 37.0 Å². The van der Waals surface area contributed by atoms with E-state index in [-0.39, 0.29) is 18.6 Å². The number of carbonyl (C=O) groups excluding carboxylic acids is 1. The van der Waals surface area contributed by atoms with Crippen LogP contribution in [0.5, 0.6) is 11.5 Å². The SMILES string of the molecule is Cc1cc(OCC(=O)NCCCc2ccc(OC(C)C)cc2)cc(C)c1Cl. The Kier molecular flexibility index (Phi) is 7.99. The summed E-state index contributed by atoms with van der Waals surface area (Å²) in [5.41, 5.74) is 3.11. The Hall–Kier alpha value is -2.20. The van der Waals surface area contributed by atoms with Crippen molar-refractivity contribution >= 4 is 17.5 Å². The summed E-state index contributed by atoms with van der Waals surface area (Å²) in [5, 5.41) is 3.62. The van der Waals surface area contributed by atoms with E-state index in [2.05, 4.69) is 17.4 Å². The Labute approximate surface area is 166 Å². The molecule has 0 radical (unpaired) electrons. The zero-order valence-corrected chi connectivity index (χ0v) is 17.2. The molecule has 0 bridgehead atoms. The van der Waals surface area contributed by atoms with E-state index in [1.54, 1.807) is 0 Å². The maximum atomic E-state index is 11.9. The molecular weight excluding hydrogens is 362 g/mol. The third kappa shape index (κ3) is 7.14. The van der Waals surface area contributed by atoms with Gasteiger partial charge < -0.3 is 14.8 Å². The molecule has 0 fully saturated rings. The minimum Gasteiger partial charge on any atom is -0.491 e. The summed E-state index contributed by atoms with van der Waals surface area (Å²) in [4.78, 5) is 11.9. The molecule has 0 atom stereocenters. The first-order valence-electron chi connectivity index (χ1n) is 9.27. The normalized spacial score (nSPS) is 10.7. The van der Waals surface area contributed by atoms with Gasteiger partial charge in [0.05, 0.1) is 6.10 Å². The molecule has 0 aliphatic heterocycles. The van der Waals surface area contributed by atoms with Gasteiger partial charge in [-0.2, -0.15) is 0 Å². The van der Waals surface area contributed by atoms with Crippen LogP contribution in [0.25, 0.3) is 0 Å². The Morgan fingerprint density at radius 2 is 1.70 bits per heavy atom. The van der Waals surface area contributed by atoms with Gasteiger partial charge in [-0.15, -0.1) is 0 Å². The molecule has 0 saturated heterocycles. The third-order valence-corrected chi connectivity index (χ3v) is 4.64. The van der Waals surface area contributed by atoms with Gasteiger partial charge in [0.1, 0.15) is 11.5 Å². The molecule has 2 aromatic carbocycles. The quantitative estimate of drug-likeness (QED) is 0.622. The molecule has 1 amide bonds. The largest absolute Gasteiger partial charge is 0.491 e. The number of benzene rings is 2. The van der Waals surface area contributed by atoms with E-state index >= 15 is 0 Å². The molecule has 0 aromatic heterocycles. The lowest BCUT2D eigenvalue weighted by Crippen LogP contribution is -2.29. The summed E-state index contributed by atoms with van der Waals surface area (Å²) < 4.78 is 11.2. The van der Waals surface area contributed by atoms with Gasteiger partial charge in [-0.3, -0.25) is 4.79 Å². The van der Waals surface area contributed by atoms with E-state index in [0.717, 1.165) is 34.7 Å². The molecule has 0 unspecified atom stereocenters. The van der Waals surface area contributed by atoms with Crippen molar-refractivity contribution in [2.45, 2.75) is 46.6 Å². The second-order valence-electron chi connectivity index (χ2n) is 6.92. The van der Waals surface area contributed by atoms with Crippen LogP contribution in [-0.4, -0.2) is 25.2 Å². The van der Waals surface area contributed by atoms with Crippen LogP contribution in [0, 0.1) is 13.8 Å². The van der Waals surface area contributed by atoms with E-state index in [1.807, 2.05) is 52.0 Å². The first-order chi connectivity index (χ1) is 12.8. The van der Waals surface area contributed by atoms with Crippen LogP contribution in [0.4, 0.5) is 0 Å². The monoisotopic (exact) mass is 389 g/mol. The number of carbonyl (C=O) groups is 1. The van der Waals surface area contributed by atoms with Crippen molar-refractivity contribution in [1.82, 2.24) is 5.32 Å². The Bertz CT molecular complexity index is 734. The summed E-state index contributed by atoms with van der Waals surface area (Å²) in [6.07, 6.45) is 1.95. The van der Waals surface area contributed by atoms with Crippen molar-refractivity contribution in [3.8, 4) is 11.5 Å². The van der Waals surface area contributed by atoms with Crippen LogP contribution in [0.2, 0.25) is 5.02 Å². The van der Waals surface area contributed by atoms with Crippen molar-refractivity contribution in [2.24, 2.45) is 0 Å². The minimum absolute atomic E-state index is 0.00174. The van der Waals surface area contributed by atoms with Gasteiger partial charge in [-0.1, -0.05) is 23.7 Å². The van der Waals surface area contributed by atoms with Gasteiger partial charge in [0.2, 0.25) is 0 Å². The van der Waals surface area contributed by atoms with E-state index in [9.17, 15) is 4.79 Å². The lowest BCUT2D eigenvalue weighted by Gasteiger charge is -2.11. The van der Waals surface area contributed by atoms with Crippen molar-refractivity contribution in [1.29, 1.82) is 0 Å². The molecule has 5 heteroatoms. The number of aryl methyl sites for hydroxylation is 3. The molecular formula is C22H28ClNO3. The van der Waals surface area contributed by atoms with E-state index in [4.69, 9.17) is 21.1 Å². The smallest absolute Gasteiger partial charge is 0.257 e. The fraction of sp³-hybridized carbons (Fsp3) is 0.409. The van der Waals surface area contributed by atoms with Crippen LogP contribution >= 0.6 is 11.6 Å². The fourth-order valence-electron chi connectivity index (χ4n) is 2.72. The molecule has 0 aliphatic carbocycles. The zero-order chi connectivity index (χ0) is 19.8. The van der Waals surface area contributed by atoms with Crippen LogP contribution in [-0.2, 0) is 11.2 Å². The van der Waals surface area contributed by atoms with Crippen LogP contribution in [0.3, 0.4) is 0 Å². The molecule has 146 valence electrons. The first-order valence-corrected chi connectivity index (χ1v) is 9.65. The summed E-state index contributed by atoms with van der Waals surface area (Å²) in [5.74, 6) is 1.42. The van der Waals surface area contributed by atoms with Gasteiger partial charge >= 0.3 is 0 Å². The predicted molar refractivity (Wildman–Crippen MR) is 110 cm³/mol. The number of amides is 1. The van der Waals surface area contributed by atoms with Gasteiger partial charge in [-0.05, 0) is 81.5 Å². The van der Waals surface area contributed by atoms with Crippen molar-refractivity contribution in [2.75, 3.05) is 13.2 Å². The van der Waals surface area contributed by atoms with Crippen molar-refractivity contribution < 1.29 is 14.3 Å². The van der Waals surface area contributed by atoms with E-state index in [1.165, 1.54) is 5.56 Å². The molecule has 0 spiro atoms. The summed E-state index contributed by atoms with van der Waals surface area (Å²) >= 11 is 6.14. The van der Waals surface area contributed by atoms with Crippen molar-refractivity contribution in [3.05, 3.63) is 58.1 Å². The molecule has 2 aromatic rings. The number of ether oxygens (including phenoxy) is 2. The summed E-state index contributed by atoms with van der Waals surface area (Å²) in [6, 6.07) is 11.8. The number of halogens is 1. The maximum absolute atomic E-state index is 11.9. The van der Waals surface area contributed by atoms with Crippen molar-refractivity contribution in [3.63, 3.8) is 0 Å². The Morgan fingerprint density at radius 3 is 2.30 bits per heavy atom. The average molecular weight is 390 g/mol. The minimum atomic E-state index is -0.124. The van der Waals surface area contributed by atoms with Gasteiger partial charge in [0.15, 0.2) is 6.61 Å². The molecule has 0 heterocycles. The molecule has 2 rings (SSSR count). The highest BCUT2D eigenvalue weighted by Crippen LogP contribution is 2.25. The summed E-state index contributed by atoms with van der Waals surface area (Å²) in [6.45, 7) is 8.48. The molecule has 1 N–H and O–H groups in total. The van der Waals surface area contributed by atoms with E-state index < -0.39 is 0 Å². The highest BCUT2D eigenvalue weighted by atomic mass is 35.5. The van der Waals surface area contributed by atoms with Crippen LogP contribution < -0.4 is 14.8 Å². The summed E-state index contributed by atoms with van der Waals surface area (Å²) in [7, 11) is 0. The fourth-order valence-corrected chi connectivity index (χ4v) is 2.83. The van der Waals surface area contributed by atoms with Gasteiger partial charge in [0, 0.05) is 11.6 Å². The molecule has 0 saturated carbocycles. The highest BCUT2D eigenvalue weighted by Gasteiger charge is 2.06. The molecule has 0 aliphatic rings. The molecule has 4 nitrogen and oxygen atoms in total. The highest BCUT2D eigenvalue weighted by molar-refractivity contribution is 6.32. The second-order valence-corrected chi connectivity index (χ2v) is 7.30. The van der Waals surface area contributed by atoms with E-state index in [0.29, 0.717) is 12.3 Å². The third-order valence-electron chi connectivity index (χ3n) is 4.04. The lowest BCUT2D eigenvalue weighted by atomic mass is 10.1. The number of nitrogens with one attached hydrogen (secondary N) is 1. The number of rotatable bonds is 9. The zero-order valence-electron chi connectivity index (χ0n) is 16.5.